The molecule has 4 rings (SSSR count). The van der Waals surface area contributed by atoms with Gasteiger partial charge in [-0.15, -0.1) is 0 Å². The number of benzene rings is 1. The Morgan fingerprint density at radius 1 is 1.00 bits per heavy atom. The number of hydrogen-bond acceptors (Lipinski definition) is 4. The molecule has 0 atom stereocenters. The minimum absolute atomic E-state index is 0.151. The van der Waals surface area contributed by atoms with E-state index in [1.54, 1.807) is 47.2 Å². The number of hydrogen-bond donors (Lipinski definition) is 2. The highest BCUT2D eigenvalue weighted by molar-refractivity contribution is 6.32. The quantitative estimate of drug-likeness (QED) is 0.528. The summed E-state index contributed by atoms with van der Waals surface area (Å²) >= 11 is 12.2. The number of aromatic amines is 2. The average molecular weight is 374 g/mol. The lowest BCUT2D eigenvalue weighted by Crippen LogP contribution is -2.23. The number of H-pyrrole nitrogens is 2. The van der Waals surface area contributed by atoms with Gasteiger partial charge in [0.05, 0.1) is 5.56 Å². The Bertz CT molecular complexity index is 1210. The van der Waals surface area contributed by atoms with Gasteiger partial charge in [0.25, 0.3) is 5.56 Å². The molecule has 0 aliphatic carbocycles. The van der Waals surface area contributed by atoms with E-state index in [0.29, 0.717) is 22.1 Å². The summed E-state index contributed by atoms with van der Waals surface area (Å²) in [5, 5.41) is 0.781. The molecule has 0 aliphatic heterocycles. The van der Waals surface area contributed by atoms with Crippen LogP contribution in [0.2, 0.25) is 10.2 Å². The van der Waals surface area contributed by atoms with E-state index in [9.17, 15) is 9.59 Å². The topological polar surface area (TPSA) is 96.4 Å². The van der Waals surface area contributed by atoms with Crippen LogP contribution in [0, 0.1) is 0 Å². The normalized spacial score (nSPS) is 11.1. The Kier molecular flexibility index (Phi) is 3.67. The number of imidazole rings is 1. The van der Waals surface area contributed by atoms with Gasteiger partial charge < -0.3 is 0 Å². The van der Waals surface area contributed by atoms with Crippen LogP contribution in [0.5, 0.6) is 0 Å². The van der Waals surface area contributed by atoms with E-state index in [-0.39, 0.29) is 16.3 Å². The van der Waals surface area contributed by atoms with Gasteiger partial charge in [-0.3, -0.25) is 19.3 Å². The minimum atomic E-state index is -0.637. The first-order chi connectivity index (χ1) is 12.0. The van der Waals surface area contributed by atoms with Crippen molar-refractivity contribution in [2.24, 2.45) is 0 Å². The summed E-state index contributed by atoms with van der Waals surface area (Å²) in [5.41, 5.74) is 0.306. The zero-order valence-corrected chi connectivity index (χ0v) is 14.0. The minimum Gasteiger partial charge on any atom is -0.290 e. The molecule has 3 aromatic heterocycles. The summed E-state index contributed by atoms with van der Waals surface area (Å²) in [6.07, 6.45) is 1.55. The highest BCUT2D eigenvalue weighted by atomic mass is 35.5. The van der Waals surface area contributed by atoms with E-state index in [1.807, 2.05) is 0 Å². The van der Waals surface area contributed by atoms with Crippen molar-refractivity contribution in [3.05, 3.63) is 73.6 Å². The second-order valence-electron chi connectivity index (χ2n) is 5.19. The maximum absolute atomic E-state index is 12.4. The summed E-state index contributed by atoms with van der Waals surface area (Å²) < 4.78 is 1.60. The first-order valence-corrected chi connectivity index (χ1v) is 7.92. The molecule has 9 heteroatoms. The van der Waals surface area contributed by atoms with Crippen LogP contribution in [0.15, 0.2) is 52.2 Å². The third-order valence-corrected chi connectivity index (χ3v) is 4.19. The van der Waals surface area contributed by atoms with Gasteiger partial charge in [-0.25, -0.2) is 14.8 Å². The number of fused-ring (bicyclic) bond motifs is 1. The van der Waals surface area contributed by atoms with Crippen LogP contribution in [-0.2, 0) is 0 Å². The zero-order chi connectivity index (χ0) is 17.6. The number of pyridine rings is 1. The summed E-state index contributed by atoms with van der Waals surface area (Å²) in [6.45, 7) is 0. The van der Waals surface area contributed by atoms with E-state index in [2.05, 4.69) is 19.9 Å². The largest absolute Gasteiger partial charge is 0.327 e. The van der Waals surface area contributed by atoms with Crippen LogP contribution in [0.3, 0.4) is 0 Å². The molecule has 0 bridgehead atoms. The second kappa shape index (κ2) is 5.87. The molecule has 0 spiro atoms. The molecule has 0 amide bonds. The molecular formula is C16H9Cl2N5O2. The lowest BCUT2D eigenvalue weighted by Gasteiger charge is -2.09. The Hall–Kier alpha value is -2.90. The Balaban J connectivity index is 2.16. The van der Waals surface area contributed by atoms with Gasteiger partial charge in [0.1, 0.15) is 5.15 Å². The molecule has 0 radical (unpaired) electrons. The lowest BCUT2D eigenvalue weighted by molar-refractivity contribution is 1.05. The van der Waals surface area contributed by atoms with Crippen LogP contribution in [-0.4, -0.2) is 24.5 Å². The second-order valence-corrected chi connectivity index (χ2v) is 5.99. The number of nitrogens with zero attached hydrogens (tertiary/aromatic N) is 3. The fourth-order valence-electron chi connectivity index (χ4n) is 2.59. The first kappa shape index (κ1) is 15.6. The van der Waals surface area contributed by atoms with Gasteiger partial charge in [-0.1, -0.05) is 23.2 Å². The fraction of sp³-hybridized carbons (Fsp3) is 0. The van der Waals surface area contributed by atoms with E-state index in [4.69, 9.17) is 23.2 Å². The summed E-state index contributed by atoms with van der Waals surface area (Å²) in [7, 11) is 0. The van der Waals surface area contributed by atoms with Gasteiger partial charge in [0.15, 0.2) is 17.0 Å². The third-order valence-electron chi connectivity index (χ3n) is 3.64. The van der Waals surface area contributed by atoms with Gasteiger partial charge in [0, 0.05) is 16.9 Å². The molecule has 4 aromatic rings. The molecule has 7 nitrogen and oxygen atoms in total. The molecule has 124 valence electrons. The van der Waals surface area contributed by atoms with Gasteiger partial charge >= 0.3 is 5.69 Å². The lowest BCUT2D eigenvalue weighted by atomic mass is 10.2. The van der Waals surface area contributed by atoms with Crippen molar-refractivity contribution < 1.29 is 0 Å². The van der Waals surface area contributed by atoms with E-state index < -0.39 is 11.2 Å². The first-order valence-electron chi connectivity index (χ1n) is 7.16. The van der Waals surface area contributed by atoms with Crippen molar-refractivity contribution in [2.75, 3.05) is 0 Å². The molecule has 0 saturated heterocycles. The Morgan fingerprint density at radius 2 is 1.76 bits per heavy atom. The Labute approximate surface area is 149 Å². The fourth-order valence-corrected chi connectivity index (χ4v) is 2.92. The van der Waals surface area contributed by atoms with Crippen LogP contribution in [0.4, 0.5) is 0 Å². The van der Waals surface area contributed by atoms with Crippen molar-refractivity contribution in [2.45, 2.75) is 0 Å². The van der Waals surface area contributed by atoms with Crippen molar-refractivity contribution in [1.29, 1.82) is 0 Å². The molecule has 0 aliphatic rings. The maximum Gasteiger partial charge on any atom is 0.327 e. The predicted octanol–water partition coefficient (Wildman–Crippen LogP) is 2.77. The number of aromatic nitrogens is 5. The smallest absolute Gasteiger partial charge is 0.290 e. The van der Waals surface area contributed by atoms with Crippen molar-refractivity contribution in [1.82, 2.24) is 24.5 Å². The molecule has 0 unspecified atom stereocenters. The molecule has 0 fully saturated rings. The van der Waals surface area contributed by atoms with Crippen LogP contribution in [0.1, 0.15) is 0 Å². The van der Waals surface area contributed by atoms with E-state index >= 15 is 0 Å². The van der Waals surface area contributed by atoms with Crippen molar-refractivity contribution >= 4 is 34.4 Å². The van der Waals surface area contributed by atoms with Gasteiger partial charge in [0.2, 0.25) is 0 Å². The van der Waals surface area contributed by atoms with Gasteiger partial charge in [-0.2, -0.15) is 0 Å². The third kappa shape index (κ3) is 2.63. The molecule has 25 heavy (non-hydrogen) atoms. The summed E-state index contributed by atoms with van der Waals surface area (Å²) in [5.74, 6) is 0.378. The summed E-state index contributed by atoms with van der Waals surface area (Å²) in [6, 6.07) is 10.3. The molecule has 0 saturated carbocycles. The predicted molar refractivity (Wildman–Crippen MR) is 95.6 cm³/mol. The molecule has 2 N–H and O–H groups in total. The average Bonchev–Trinajstić information content (AvgIpc) is 2.95. The highest BCUT2D eigenvalue weighted by Crippen LogP contribution is 2.30. The molecule has 1 aromatic carbocycles. The number of rotatable bonds is 2. The standard InChI is InChI=1S/C16H9Cl2N5O2/c17-8-3-5-9(6-4-8)23-11-13(21-16(25)22-15(11)24)20-14(23)10-2-1-7-19-12(10)18/h1-7H,(H2,21,22,24,25). The maximum atomic E-state index is 12.4. The van der Waals surface area contributed by atoms with E-state index in [0.717, 1.165) is 0 Å². The highest BCUT2D eigenvalue weighted by Gasteiger charge is 2.20. The van der Waals surface area contributed by atoms with Gasteiger partial charge in [-0.05, 0) is 36.4 Å². The number of halogens is 2. The molecular weight excluding hydrogens is 365 g/mol. The van der Waals surface area contributed by atoms with Crippen molar-refractivity contribution in [3.63, 3.8) is 0 Å². The monoisotopic (exact) mass is 373 g/mol. The number of nitrogens with one attached hydrogen (secondary N) is 2. The molecule has 3 heterocycles. The van der Waals surface area contributed by atoms with Crippen molar-refractivity contribution in [3.8, 4) is 17.1 Å². The van der Waals surface area contributed by atoms with Crippen LogP contribution < -0.4 is 11.2 Å². The van der Waals surface area contributed by atoms with E-state index in [1.165, 1.54) is 0 Å². The van der Waals surface area contributed by atoms with Crippen LogP contribution >= 0.6 is 23.2 Å². The van der Waals surface area contributed by atoms with Crippen LogP contribution in [0.25, 0.3) is 28.2 Å². The zero-order valence-electron chi connectivity index (χ0n) is 12.5. The SMILES string of the molecule is O=c1[nH]c(=O)c2c(nc(-c3cccnc3Cl)n2-c2ccc(Cl)cc2)[nH]1. The Morgan fingerprint density at radius 3 is 2.48 bits per heavy atom. The summed E-state index contributed by atoms with van der Waals surface area (Å²) in [4.78, 5) is 37.2.